The lowest BCUT2D eigenvalue weighted by Crippen LogP contribution is -2.14. The van der Waals surface area contributed by atoms with Gasteiger partial charge in [0.25, 0.3) is 0 Å². The molecule has 1 aliphatic rings. The van der Waals surface area contributed by atoms with E-state index in [1.165, 1.54) is 5.75 Å². The second kappa shape index (κ2) is 6.43. The quantitative estimate of drug-likeness (QED) is 0.521. The van der Waals surface area contributed by atoms with E-state index in [1.807, 2.05) is 25.6 Å². The summed E-state index contributed by atoms with van der Waals surface area (Å²) < 4.78 is 5.14. The monoisotopic (exact) mass is 148 g/mol. The van der Waals surface area contributed by atoms with Crippen molar-refractivity contribution in [3.05, 3.63) is 0 Å². The van der Waals surface area contributed by atoms with Crippen molar-refractivity contribution in [2.75, 3.05) is 18.3 Å². The smallest absolute Gasteiger partial charge is 0.0921 e. The Kier molecular flexibility index (Phi) is 6.65. The van der Waals surface area contributed by atoms with E-state index in [1.54, 1.807) is 0 Å². The molecule has 0 aromatic heterocycles. The lowest BCUT2D eigenvalue weighted by Gasteiger charge is -2.16. The van der Waals surface area contributed by atoms with Gasteiger partial charge in [-0.15, -0.1) is 11.8 Å². The molecule has 1 unspecified atom stereocenters. The molecule has 1 fully saturated rings. The summed E-state index contributed by atoms with van der Waals surface area (Å²) in [7, 11) is 0. The van der Waals surface area contributed by atoms with Gasteiger partial charge in [0.2, 0.25) is 0 Å². The van der Waals surface area contributed by atoms with Gasteiger partial charge in [-0.25, -0.2) is 0 Å². The van der Waals surface area contributed by atoms with Crippen LogP contribution in [-0.4, -0.2) is 18.3 Å². The number of rotatable bonds is 0. The number of hydrogen-bond acceptors (Lipinski definition) is 2. The topological polar surface area (TPSA) is 9.23 Å². The van der Waals surface area contributed by atoms with Crippen LogP contribution in [-0.2, 0) is 4.74 Å². The summed E-state index contributed by atoms with van der Waals surface area (Å²) >= 11 is 1.88. The fourth-order valence-corrected chi connectivity index (χ4v) is 1.41. The lowest BCUT2D eigenvalue weighted by molar-refractivity contribution is 0.145. The highest BCUT2D eigenvalue weighted by molar-refractivity contribution is 7.99. The van der Waals surface area contributed by atoms with E-state index in [0.29, 0.717) is 0 Å². The van der Waals surface area contributed by atoms with Gasteiger partial charge in [0.05, 0.1) is 12.5 Å². The minimum absolute atomic E-state index is 0.777. The van der Waals surface area contributed by atoms with Gasteiger partial charge in [-0.3, -0.25) is 0 Å². The van der Waals surface area contributed by atoms with Gasteiger partial charge >= 0.3 is 0 Å². The highest BCUT2D eigenvalue weighted by atomic mass is 32.2. The zero-order chi connectivity index (χ0) is 7.11. The van der Waals surface area contributed by atoms with Crippen LogP contribution in [0.15, 0.2) is 0 Å². The maximum Gasteiger partial charge on any atom is 0.0921 e. The molecule has 0 aromatic rings. The SMILES string of the molecule is CC.CC1COCSC1. The predicted molar refractivity (Wildman–Crippen MR) is 43.8 cm³/mol. The van der Waals surface area contributed by atoms with Gasteiger partial charge in [0.15, 0.2) is 0 Å². The highest BCUT2D eigenvalue weighted by Crippen LogP contribution is 2.14. The Hall–Kier alpha value is 0.310. The van der Waals surface area contributed by atoms with E-state index in [4.69, 9.17) is 4.74 Å². The Balaban J connectivity index is 0.000000291. The van der Waals surface area contributed by atoms with Crippen molar-refractivity contribution in [1.82, 2.24) is 0 Å². The largest absolute Gasteiger partial charge is 0.371 e. The summed E-state index contributed by atoms with van der Waals surface area (Å²) in [4.78, 5) is 0. The minimum Gasteiger partial charge on any atom is -0.371 e. The predicted octanol–water partition coefficient (Wildman–Crippen LogP) is 2.37. The van der Waals surface area contributed by atoms with E-state index in [0.717, 1.165) is 18.5 Å². The van der Waals surface area contributed by atoms with Crippen molar-refractivity contribution in [3.63, 3.8) is 0 Å². The van der Waals surface area contributed by atoms with Crippen molar-refractivity contribution in [1.29, 1.82) is 0 Å². The number of ether oxygens (including phenoxy) is 1. The van der Waals surface area contributed by atoms with Gasteiger partial charge in [-0.2, -0.15) is 0 Å². The highest BCUT2D eigenvalue weighted by Gasteiger charge is 2.06. The Morgan fingerprint density at radius 2 is 2.11 bits per heavy atom. The molecule has 9 heavy (non-hydrogen) atoms. The molecule has 56 valence electrons. The molecule has 0 bridgehead atoms. The molecule has 1 nitrogen and oxygen atoms in total. The summed E-state index contributed by atoms with van der Waals surface area (Å²) in [6.07, 6.45) is 0. The van der Waals surface area contributed by atoms with Gasteiger partial charge < -0.3 is 4.74 Å². The standard InChI is InChI=1S/C5H10OS.C2H6/c1-5-2-6-4-7-3-5;1-2/h5H,2-4H2,1H3;1-2H3. The summed E-state index contributed by atoms with van der Waals surface area (Å²) in [6.45, 7) is 7.18. The van der Waals surface area contributed by atoms with Crippen LogP contribution in [0.1, 0.15) is 20.8 Å². The molecule has 0 spiro atoms. The van der Waals surface area contributed by atoms with Crippen LogP contribution in [0.4, 0.5) is 0 Å². The molecule has 0 amide bonds. The van der Waals surface area contributed by atoms with Crippen LogP contribution in [0.2, 0.25) is 0 Å². The first kappa shape index (κ1) is 9.31. The van der Waals surface area contributed by atoms with Crippen molar-refractivity contribution < 1.29 is 4.74 Å². The summed E-state index contributed by atoms with van der Waals surface area (Å²) in [5.41, 5.74) is 0. The molecule has 1 saturated heterocycles. The summed E-state index contributed by atoms with van der Waals surface area (Å²) in [5.74, 6) is 2.96. The van der Waals surface area contributed by atoms with Crippen LogP contribution in [0.25, 0.3) is 0 Å². The molecule has 1 atom stereocenters. The summed E-state index contributed by atoms with van der Waals surface area (Å²) in [5, 5.41) is 0. The molecule has 1 aliphatic heterocycles. The Morgan fingerprint density at radius 3 is 2.33 bits per heavy atom. The average Bonchev–Trinajstić information content (AvgIpc) is 1.94. The van der Waals surface area contributed by atoms with Crippen LogP contribution >= 0.6 is 11.8 Å². The zero-order valence-corrected chi connectivity index (χ0v) is 7.33. The van der Waals surface area contributed by atoms with Crippen LogP contribution in [0.3, 0.4) is 0 Å². The fraction of sp³-hybridized carbons (Fsp3) is 1.00. The normalized spacial score (nSPS) is 26.3. The van der Waals surface area contributed by atoms with Gasteiger partial charge in [-0.1, -0.05) is 20.8 Å². The van der Waals surface area contributed by atoms with Crippen molar-refractivity contribution >= 4 is 11.8 Å². The second-order valence-electron chi connectivity index (χ2n) is 1.96. The molecule has 0 aromatic carbocycles. The maximum absolute atomic E-state index is 5.14. The zero-order valence-electron chi connectivity index (χ0n) is 6.52. The number of hydrogen-bond donors (Lipinski definition) is 0. The third-order valence-electron chi connectivity index (χ3n) is 0.971. The molecule has 0 radical (unpaired) electrons. The molecular weight excluding hydrogens is 132 g/mol. The average molecular weight is 148 g/mol. The second-order valence-corrected chi connectivity index (χ2v) is 2.94. The maximum atomic E-state index is 5.14. The van der Waals surface area contributed by atoms with Crippen molar-refractivity contribution in [2.45, 2.75) is 20.8 Å². The molecule has 2 heteroatoms. The van der Waals surface area contributed by atoms with E-state index < -0.39 is 0 Å². The van der Waals surface area contributed by atoms with Crippen LogP contribution < -0.4 is 0 Å². The molecular formula is C7H16OS. The van der Waals surface area contributed by atoms with Gasteiger partial charge in [0, 0.05) is 5.75 Å². The fourth-order valence-electron chi connectivity index (χ4n) is 0.606. The van der Waals surface area contributed by atoms with Gasteiger partial charge in [0.1, 0.15) is 0 Å². The van der Waals surface area contributed by atoms with Gasteiger partial charge in [-0.05, 0) is 5.92 Å². The van der Waals surface area contributed by atoms with E-state index >= 15 is 0 Å². The van der Waals surface area contributed by atoms with Crippen molar-refractivity contribution in [3.8, 4) is 0 Å². The van der Waals surface area contributed by atoms with E-state index in [2.05, 4.69) is 6.92 Å². The first-order valence-electron chi connectivity index (χ1n) is 3.55. The first-order valence-corrected chi connectivity index (χ1v) is 4.70. The molecule has 0 N–H and O–H groups in total. The Bertz CT molecular complexity index is 50.9. The third-order valence-corrected chi connectivity index (χ3v) is 2.11. The molecule has 0 saturated carbocycles. The Labute approximate surface area is 62.2 Å². The first-order chi connectivity index (χ1) is 4.39. The van der Waals surface area contributed by atoms with E-state index in [-0.39, 0.29) is 0 Å². The Morgan fingerprint density at radius 1 is 1.44 bits per heavy atom. The van der Waals surface area contributed by atoms with Crippen molar-refractivity contribution in [2.24, 2.45) is 5.92 Å². The number of thioether (sulfide) groups is 1. The van der Waals surface area contributed by atoms with Crippen LogP contribution in [0, 0.1) is 5.92 Å². The minimum atomic E-state index is 0.777. The molecule has 0 aliphatic carbocycles. The third kappa shape index (κ3) is 4.79. The summed E-state index contributed by atoms with van der Waals surface area (Å²) in [6, 6.07) is 0. The molecule has 1 rings (SSSR count). The van der Waals surface area contributed by atoms with Crippen LogP contribution in [0.5, 0.6) is 0 Å². The lowest BCUT2D eigenvalue weighted by atomic mass is 10.2. The molecule has 1 heterocycles. The van der Waals surface area contributed by atoms with E-state index in [9.17, 15) is 0 Å².